The van der Waals surface area contributed by atoms with Gasteiger partial charge in [0.15, 0.2) is 5.78 Å². The quantitative estimate of drug-likeness (QED) is 0.770. The molecule has 0 unspecified atom stereocenters. The van der Waals surface area contributed by atoms with Crippen LogP contribution in [0, 0.1) is 0 Å². The van der Waals surface area contributed by atoms with Gasteiger partial charge in [0.2, 0.25) is 0 Å². The second-order valence-corrected chi connectivity index (χ2v) is 7.38. The summed E-state index contributed by atoms with van der Waals surface area (Å²) in [6, 6.07) is 16.3. The Labute approximate surface area is 164 Å². The van der Waals surface area contributed by atoms with Crippen LogP contribution < -0.4 is 5.32 Å². The van der Waals surface area contributed by atoms with Crippen LogP contribution in [0.15, 0.2) is 59.0 Å². The van der Waals surface area contributed by atoms with Crippen molar-refractivity contribution in [2.75, 3.05) is 19.3 Å². The number of hydrogen-bond donors (Lipinski definition) is 1. The summed E-state index contributed by atoms with van der Waals surface area (Å²) in [5.74, 6) is 1.13. The number of Topliss-reactive ketones (excluding diaryl/α,β-unsaturated/α-hetero) is 1. The summed E-state index contributed by atoms with van der Waals surface area (Å²) in [5.41, 5.74) is 4.47. The van der Waals surface area contributed by atoms with Crippen molar-refractivity contribution in [1.82, 2.24) is 5.32 Å². The van der Waals surface area contributed by atoms with Crippen LogP contribution in [0.1, 0.15) is 17.5 Å². The van der Waals surface area contributed by atoms with E-state index >= 15 is 0 Å². The molecule has 1 aliphatic heterocycles. The van der Waals surface area contributed by atoms with Gasteiger partial charge in [0.05, 0.1) is 6.54 Å². The van der Waals surface area contributed by atoms with Gasteiger partial charge in [-0.1, -0.05) is 41.9 Å². The van der Waals surface area contributed by atoms with Crippen LogP contribution in [-0.2, 0) is 11.2 Å². The Balaban J connectivity index is 0.00000225. The first-order chi connectivity index (χ1) is 11.7. The van der Waals surface area contributed by atoms with Crippen LogP contribution in [0.25, 0.3) is 5.57 Å². The minimum Gasteiger partial charge on any atom is -0.313 e. The van der Waals surface area contributed by atoms with E-state index in [1.165, 1.54) is 16.0 Å². The van der Waals surface area contributed by atoms with Crippen molar-refractivity contribution >= 4 is 47.1 Å². The fourth-order valence-electron chi connectivity index (χ4n) is 3.00. The van der Waals surface area contributed by atoms with Gasteiger partial charge in [-0.15, -0.1) is 24.2 Å². The van der Waals surface area contributed by atoms with Crippen molar-refractivity contribution in [3.63, 3.8) is 0 Å². The lowest BCUT2D eigenvalue weighted by Gasteiger charge is -2.15. The Kier molecular flexibility index (Phi) is 7.57. The van der Waals surface area contributed by atoms with Gasteiger partial charge in [0.25, 0.3) is 0 Å². The van der Waals surface area contributed by atoms with Crippen LogP contribution in [0.5, 0.6) is 0 Å². The Bertz CT molecular complexity index is 772. The number of ketones is 1. The Morgan fingerprint density at radius 2 is 1.88 bits per heavy atom. The molecule has 132 valence electrons. The number of fused-ring (bicyclic) bond motifs is 1. The fourth-order valence-corrected chi connectivity index (χ4v) is 4.18. The lowest BCUT2D eigenvalue weighted by atomic mass is 9.90. The van der Waals surface area contributed by atoms with Crippen LogP contribution in [0.4, 0.5) is 0 Å². The van der Waals surface area contributed by atoms with Gasteiger partial charge in [-0.2, -0.15) is 0 Å². The minimum absolute atomic E-state index is 0. The van der Waals surface area contributed by atoms with E-state index < -0.39 is 0 Å². The van der Waals surface area contributed by atoms with E-state index in [0.717, 1.165) is 34.8 Å². The molecule has 0 saturated carbocycles. The average molecular weight is 394 g/mol. The smallest absolute Gasteiger partial charge is 0.172 e. The summed E-state index contributed by atoms with van der Waals surface area (Å²) >= 11 is 7.83. The molecule has 25 heavy (non-hydrogen) atoms. The van der Waals surface area contributed by atoms with E-state index in [-0.39, 0.29) is 18.2 Å². The maximum absolute atomic E-state index is 12.7. The van der Waals surface area contributed by atoms with Crippen LogP contribution in [0.2, 0.25) is 5.02 Å². The molecule has 5 heteroatoms. The maximum Gasteiger partial charge on any atom is 0.172 e. The minimum atomic E-state index is 0. The van der Waals surface area contributed by atoms with Crippen LogP contribution >= 0.6 is 35.8 Å². The molecular weight excluding hydrogens is 373 g/mol. The molecule has 0 aromatic heterocycles. The van der Waals surface area contributed by atoms with Crippen molar-refractivity contribution in [2.24, 2.45) is 0 Å². The van der Waals surface area contributed by atoms with E-state index in [9.17, 15) is 4.79 Å². The van der Waals surface area contributed by atoms with Crippen LogP contribution in [0.3, 0.4) is 0 Å². The van der Waals surface area contributed by atoms with Gasteiger partial charge in [0.1, 0.15) is 0 Å². The van der Waals surface area contributed by atoms with Crippen LogP contribution in [-0.4, -0.2) is 25.1 Å². The lowest BCUT2D eigenvalue weighted by Crippen LogP contribution is -2.21. The van der Waals surface area contributed by atoms with Crippen molar-refractivity contribution in [2.45, 2.75) is 17.7 Å². The number of allylic oxidation sites excluding steroid dienone is 1. The first-order valence-electron chi connectivity index (χ1n) is 8.05. The highest BCUT2D eigenvalue weighted by Gasteiger charge is 2.21. The zero-order valence-electron chi connectivity index (χ0n) is 14.0. The van der Waals surface area contributed by atoms with E-state index in [1.54, 1.807) is 0 Å². The zero-order valence-corrected chi connectivity index (χ0v) is 16.4. The number of halogens is 2. The van der Waals surface area contributed by atoms with Crippen molar-refractivity contribution in [3.05, 3.63) is 70.3 Å². The number of carbonyl (C=O) groups excluding carboxylic acids is 1. The standard InChI is InChI=1S/C20H20ClNOS.ClH/c1-22-13-19(23)16-10-11-24-20-5-3-2-4-17(20)18(16)12-14-6-8-15(21)9-7-14;/h2-9,22H,10-13H2,1H3;1H. The molecule has 0 fully saturated rings. The largest absolute Gasteiger partial charge is 0.313 e. The molecule has 3 rings (SSSR count). The number of likely N-dealkylation sites (N-methyl/N-ethyl adjacent to an activating group) is 1. The molecule has 1 N–H and O–H groups in total. The molecule has 0 saturated heterocycles. The van der Waals surface area contributed by atoms with Gasteiger partial charge in [-0.3, -0.25) is 4.79 Å². The molecular formula is C20H21Cl2NOS. The molecule has 2 aromatic carbocycles. The fraction of sp³-hybridized carbons (Fsp3) is 0.250. The molecule has 0 radical (unpaired) electrons. The van der Waals surface area contributed by atoms with Crippen molar-refractivity contribution in [3.8, 4) is 0 Å². The maximum atomic E-state index is 12.7. The molecule has 1 aliphatic rings. The van der Waals surface area contributed by atoms with Gasteiger partial charge >= 0.3 is 0 Å². The van der Waals surface area contributed by atoms with Gasteiger partial charge in [-0.25, -0.2) is 0 Å². The van der Waals surface area contributed by atoms with Gasteiger partial charge in [0, 0.05) is 21.2 Å². The third-order valence-corrected chi connectivity index (χ3v) is 5.48. The second-order valence-electron chi connectivity index (χ2n) is 5.81. The molecule has 0 spiro atoms. The van der Waals surface area contributed by atoms with Gasteiger partial charge < -0.3 is 5.32 Å². The molecule has 2 nitrogen and oxygen atoms in total. The Morgan fingerprint density at radius 3 is 2.60 bits per heavy atom. The van der Waals surface area contributed by atoms with E-state index in [2.05, 4.69) is 23.5 Å². The SMILES string of the molecule is CNCC(=O)C1=C(Cc2ccc(Cl)cc2)c2ccccc2SCC1.Cl. The highest BCUT2D eigenvalue weighted by molar-refractivity contribution is 7.99. The Hall–Kier alpha value is -1.26. The number of rotatable bonds is 5. The summed E-state index contributed by atoms with van der Waals surface area (Å²) < 4.78 is 0. The summed E-state index contributed by atoms with van der Waals surface area (Å²) in [5, 5.41) is 3.73. The van der Waals surface area contributed by atoms with Gasteiger partial charge in [-0.05, 0) is 54.8 Å². The van der Waals surface area contributed by atoms with E-state index in [1.807, 2.05) is 49.1 Å². The molecule has 2 aromatic rings. The Morgan fingerprint density at radius 1 is 1.16 bits per heavy atom. The topological polar surface area (TPSA) is 29.1 Å². The molecule has 0 amide bonds. The highest BCUT2D eigenvalue weighted by atomic mass is 35.5. The van der Waals surface area contributed by atoms with Crippen molar-refractivity contribution < 1.29 is 4.79 Å². The first-order valence-corrected chi connectivity index (χ1v) is 9.42. The number of hydrogen-bond acceptors (Lipinski definition) is 3. The van der Waals surface area contributed by atoms with E-state index in [4.69, 9.17) is 11.6 Å². The number of thioether (sulfide) groups is 1. The summed E-state index contributed by atoms with van der Waals surface area (Å²) in [6.45, 7) is 0.381. The number of nitrogens with one attached hydrogen (secondary N) is 1. The number of carbonyl (C=O) groups is 1. The molecule has 0 atom stereocenters. The summed E-state index contributed by atoms with van der Waals surface area (Å²) in [4.78, 5) is 13.9. The highest BCUT2D eigenvalue weighted by Crippen LogP contribution is 2.37. The first kappa shape index (κ1) is 20.1. The monoisotopic (exact) mass is 393 g/mol. The van der Waals surface area contributed by atoms with Crippen molar-refractivity contribution in [1.29, 1.82) is 0 Å². The molecule has 1 heterocycles. The lowest BCUT2D eigenvalue weighted by molar-refractivity contribution is -0.114. The normalized spacial score (nSPS) is 13.7. The predicted octanol–water partition coefficient (Wildman–Crippen LogP) is 5.04. The third kappa shape index (κ3) is 4.89. The molecule has 0 bridgehead atoms. The zero-order chi connectivity index (χ0) is 16.9. The summed E-state index contributed by atoms with van der Waals surface area (Å²) in [6.07, 6.45) is 1.56. The number of benzene rings is 2. The molecule has 0 aliphatic carbocycles. The predicted molar refractivity (Wildman–Crippen MR) is 110 cm³/mol. The third-order valence-electron chi connectivity index (χ3n) is 4.15. The van der Waals surface area contributed by atoms with E-state index in [0.29, 0.717) is 6.54 Å². The average Bonchev–Trinajstić information content (AvgIpc) is 2.77. The second kappa shape index (κ2) is 9.44. The summed E-state index contributed by atoms with van der Waals surface area (Å²) in [7, 11) is 1.82.